The Hall–Kier alpha value is -3.41. The fourth-order valence-corrected chi connectivity index (χ4v) is 6.56. The average molecular weight is 526 g/mol. The number of benzene rings is 2. The van der Waals surface area contributed by atoms with Crippen LogP contribution in [0.5, 0.6) is 0 Å². The maximum Gasteiger partial charge on any atom is 0.373 e. The number of hydrogen-bond donors (Lipinski definition) is 0. The number of sulfonamides is 1. The van der Waals surface area contributed by atoms with Gasteiger partial charge in [0, 0.05) is 13.1 Å². The third-order valence-electron chi connectivity index (χ3n) is 5.92. The van der Waals surface area contributed by atoms with E-state index in [1.54, 1.807) is 48.5 Å². The number of rotatable bonds is 7. The minimum absolute atomic E-state index is 0.0804. The molecule has 5 rings (SSSR count). The molecular weight excluding hydrogens is 502 g/mol. The molecule has 0 aliphatic carbocycles. The number of furan rings is 1. The summed E-state index contributed by atoms with van der Waals surface area (Å²) >= 11 is 1.24. The third kappa shape index (κ3) is 4.57. The van der Waals surface area contributed by atoms with Gasteiger partial charge in [-0.25, -0.2) is 18.2 Å². The molecule has 4 aromatic rings. The summed E-state index contributed by atoms with van der Waals surface area (Å²) in [5.41, 5.74) is 0.612. The summed E-state index contributed by atoms with van der Waals surface area (Å²) in [4.78, 5) is 30.1. The van der Waals surface area contributed by atoms with E-state index in [1.807, 2.05) is 0 Å². The Labute approximate surface area is 211 Å². The monoisotopic (exact) mass is 525 g/mol. The van der Waals surface area contributed by atoms with E-state index in [1.165, 1.54) is 39.9 Å². The Morgan fingerprint density at radius 1 is 1.08 bits per heavy atom. The number of esters is 1. The van der Waals surface area contributed by atoms with Crippen LogP contribution in [0.3, 0.4) is 0 Å². The number of carbonyl (C=O) groups excluding carboxylic acids is 1. The first kappa shape index (κ1) is 24.3. The number of hydrogen-bond acceptors (Lipinski definition) is 8. The maximum absolute atomic E-state index is 13.6. The molecule has 9 nitrogen and oxygen atoms in total. The van der Waals surface area contributed by atoms with Crippen molar-refractivity contribution in [2.75, 3.05) is 20.2 Å². The van der Waals surface area contributed by atoms with Gasteiger partial charge in [-0.2, -0.15) is 4.31 Å². The van der Waals surface area contributed by atoms with E-state index < -0.39 is 16.0 Å². The highest BCUT2D eigenvalue weighted by Gasteiger charge is 2.27. The van der Waals surface area contributed by atoms with Crippen LogP contribution in [0.4, 0.5) is 0 Å². The summed E-state index contributed by atoms with van der Waals surface area (Å²) in [5, 5.41) is 0.783. The number of ether oxygens (including phenoxy) is 1. The Morgan fingerprint density at radius 3 is 2.64 bits per heavy atom. The summed E-state index contributed by atoms with van der Waals surface area (Å²) in [5.74, 6) is 0.285. The summed E-state index contributed by atoms with van der Waals surface area (Å²) in [6.45, 7) is 0.976. The van der Waals surface area contributed by atoms with Gasteiger partial charge >= 0.3 is 5.97 Å². The average Bonchev–Trinajstić information content (AvgIpc) is 3.60. The molecule has 0 radical (unpaired) electrons. The van der Waals surface area contributed by atoms with E-state index in [0.29, 0.717) is 40.6 Å². The van der Waals surface area contributed by atoms with E-state index in [9.17, 15) is 18.0 Å². The highest BCUT2D eigenvalue weighted by molar-refractivity contribution is 7.98. The van der Waals surface area contributed by atoms with E-state index >= 15 is 0 Å². The summed E-state index contributed by atoms with van der Waals surface area (Å²) < 4.78 is 39.4. The molecule has 2 aromatic carbocycles. The fourth-order valence-electron chi connectivity index (χ4n) is 4.10. The number of aromatic nitrogens is 2. The lowest BCUT2D eigenvalue weighted by Gasteiger charge is -2.17. The molecule has 0 amide bonds. The predicted molar refractivity (Wildman–Crippen MR) is 135 cm³/mol. The molecule has 1 saturated heterocycles. The van der Waals surface area contributed by atoms with Gasteiger partial charge in [0.05, 0.1) is 34.3 Å². The van der Waals surface area contributed by atoms with E-state index in [2.05, 4.69) is 9.72 Å². The van der Waals surface area contributed by atoms with Crippen molar-refractivity contribution in [1.82, 2.24) is 13.9 Å². The van der Waals surface area contributed by atoms with Gasteiger partial charge in [-0.3, -0.25) is 9.36 Å². The minimum atomic E-state index is -3.67. The van der Waals surface area contributed by atoms with E-state index in [4.69, 9.17) is 4.42 Å². The van der Waals surface area contributed by atoms with Crippen molar-refractivity contribution < 1.29 is 22.4 Å². The molecule has 3 heterocycles. The molecule has 1 aliphatic rings. The molecule has 186 valence electrons. The topological polar surface area (TPSA) is 112 Å². The minimum Gasteiger partial charge on any atom is -0.463 e. The van der Waals surface area contributed by atoms with Gasteiger partial charge < -0.3 is 9.15 Å². The first-order valence-corrected chi connectivity index (χ1v) is 13.7. The lowest BCUT2D eigenvalue weighted by Crippen LogP contribution is -2.28. The fraction of sp³-hybridized carbons (Fsp3) is 0.240. The lowest BCUT2D eigenvalue weighted by molar-refractivity contribution is 0.0563. The molecule has 2 aromatic heterocycles. The number of para-hydroxylation sites is 1. The highest BCUT2D eigenvalue weighted by Crippen LogP contribution is 2.28. The van der Waals surface area contributed by atoms with Crippen LogP contribution in [-0.4, -0.2) is 48.4 Å². The van der Waals surface area contributed by atoms with Crippen LogP contribution in [0.15, 0.2) is 79.9 Å². The van der Waals surface area contributed by atoms with Crippen molar-refractivity contribution in [3.63, 3.8) is 0 Å². The second-order valence-corrected chi connectivity index (χ2v) is 11.1. The van der Waals surface area contributed by atoms with Gasteiger partial charge in [-0.15, -0.1) is 0 Å². The summed E-state index contributed by atoms with van der Waals surface area (Å²) in [6.07, 6.45) is 1.66. The molecule has 0 spiro atoms. The number of thioether (sulfide) groups is 1. The van der Waals surface area contributed by atoms with Gasteiger partial charge in [0.25, 0.3) is 5.56 Å². The Morgan fingerprint density at radius 2 is 1.86 bits per heavy atom. The quantitative estimate of drug-likeness (QED) is 0.203. The molecule has 0 bridgehead atoms. The third-order valence-corrected chi connectivity index (χ3v) is 8.77. The second-order valence-electron chi connectivity index (χ2n) is 8.21. The van der Waals surface area contributed by atoms with Crippen LogP contribution in [0.1, 0.15) is 29.2 Å². The highest BCUT2D eigenvalue weighted by atomic mass is 32.2. The van der Waals surface area contributed by atoms with E-state index in [-0.39, 0.29) is 22.0 Å². The van der Waals surface area contributed by atoms with Gasteiger partial charge in [0.2, 0.25) is 15.8 Å². The van der Waals surface area contributed by atoms with Crippen LogP contribution >= 0.6 is 11.8 Å². The number of nitrogens with zero attached hydrogens (tertiary/aromatic N) is 3. The molecule has 0 saturated carbocycles. The van der Waals surface area contributed by atoms with Gasteiger partial charge in [-0.1, -0.05) is 30.0 Å². The smallest absolute Gasteiger partial charge is 0.373 e. The molecule has 1 aliphatic heterocycles. The van der Waals surface area contributed by atoms with E-state index in [0.717, 1.165) is 12.8 Å². The normalized spacial score (nSPS) is 14.4. The van der Waals surface area contributed by atoms with Crippen molar-refractivity contribution in [2.24, 2.45) is 0 Å². The zero-order valence-electron chi connectivity index (χ0n) is 19.4. The molecule has 36 heavy (non-hydrogen) atoms. The zero-order chi connectivity index (χ0) is 25.3. The molecule has 1 fully saturated rings. The van der Waals surface area contributed by atoms with Gasteiger partial charge in [0.1, 0.15) is 5.76 Å². The first-order valence-electron chi connectivity index (χ1n) is 11.3. The summed E-state index contributed by atoms with van der Waals surface area (Å²) in [7, 11) is -2.40. The van der Waals surface area contributed by atoms with Gasteiger partial charge in [0.15, 0.2) is 5.16 Å². The van der Waals surface area contributed by atoms with Crippen molar-refractivity contribution in [1.29, 1.82) is 0 Å². The van der Waals surface area contributed by atoms with Crippen LogP contribution in [0.2, 0.25) is 0 Å². The largest absolute Gasteiger partial charge is 0.463 e. The molecule has 0 N–H and O–H groups in total. The molecule has 0 atom stereocenters. The second kappa shape index (κ2) is 9.92. The standard InChI is InChI=1S/C25H23N3O6S2/c1-33-24(30)22-12-11-18(34-22)16-35-25-26-21-10-3-2-9-20(21)23(29)28(25)17-7-6-8-19(15-17)36(31,32)27-13-4-5-14-27/h2-3,6-12,15H,4-5,13-14,16H2,1H3. The van der Waals surface area contributed by atoms with Crippen molar-refractivity contribution in [3.8, 4) is 5.69 Å². The number of carbonyl (C=O) groups is 1. The molecular formula is C25H23N3O6S2. The molecule has 11 heteroatoms. The number of fused-ring (bicyclic) bond motifs is 1. The van der Waals surface area contributed by atoms with Crippen molar-refractivity contribution in [2.45, 2.75) is 28.6 Å². The summed E-state index contributed by atoms with van der Waals surface area (Å²) in [6, 6.07) is 16.5. The lowest BCUT2D eigenvalue weighted by atomic mass is 10.2. The van der Waals surface area contributed by atoms with Crippen LogP contribution in [-0.2, 0) is 20.5 Å². The predicted octanol–water partition coefficient (Wildman–Crippen LogP) is 3.84. The zero-order valence-corrected chi connectivity index (χ0v) is 21.0. The maximum atomic E-state index is 13.6. The van der Waals surface area contributed by atoms with Crippen molar-refractivity contribution >= 4 is 38.7 Å². The van der Waals surface area contributed by atoms with Crippen LogP contribution in [0, 0.1) is 0 Å². The SMILES string of the molecule is COC(=O)c1ccc(CSc2nc3ccccc3c(=O)n2-c2cccc(S(=O)(=O)N3CCCC3)c2)o1. The first-order chi connectivity index (χ1) is 17.4. The number of methoxy groups -OCH3 is 1. The Balaban J connectivity index is 1.57. The van der Waals surface area contributed by atoms with Crippen LogP contribution in [0.25, 0.3) is 16.6 Å². The Kier molecular flexibility index (Phi) is 6.69. The van der Waals surface area contributed by atoms with Crippen LogP contribution < -0.4 is 5.56 Å². The van der Waals surface area contributed by atoms with Gasteiger partial charge in [-0.05, 0) is 55.3 Å². The molecule has 0 unspecified atom stereocenters. The van der Waals surface area contributed by atoms with Crippen molar-refractivity contribution in [3.05, 3.63) is 82.5 Å². The Bertz CT molecular complexity index is 1600.